The lowest BCUT2D eigenvalue weighted by atomic mass is 9.79. The van der Waals surface area contributed by atoms with Crippen molar-refractivity contribution < 1.29 is 0 Å². The normalized spacial score (nSPS) is 21.1. The number of aromatic nitrogens is 2. The Morgan fingerprint density at radius 3 is 2.50 bits per heavy atom. The van der Waals surface area contributed by atoms with Gasteiger partial charge in [-0.25, -0.2) is 4.98 Å². The Morgan fingerprint density at radius 1 is 1.23 bits per heavy atom. The van der Waals surface area contributed by atoms with Gasteiger partial charge >= 0.3 is 0 Å². The van der Waals surface area contributed by atoms with E-state index in [1.54, 1.807) is 29.1 Å². The Kier molecular flexibility index (Phi) is 3.44. The molecule has 2 heterocycles. The van der Waals surface area contributed by atoms with Gasteiger partial charge in [-0.15, -0.1) is 0 Å². The average Bonchev–Trinajstić information content (AvgIpc) is 2.34. The van der Waals surface area contributed by atoms with Gasteiger partial charge in [-0.1, -0.05) is 11.5 Å². The molecular weight excluding hydrogens is 273 g/mol. The van der Waals surface area contributed by atoms with E-state index in [9.17, 15) is 4.79 Å². The lowest BCUT2D eigenvalue weighted by Gasteiger charge is -2.46. The maximum Gasteiger partial charge on any atom is 0.261 e. The molecule has 0 spiro atoms. The molecule has 1 aromatic heterocycles. The van der Waals surface area contributed by atoms with E-state index in [1.165, 1.54) is 0 Å². The monoisotopic (exact) mass is 295 g/mol. The molecule has 4 nitrogen and oxygen atoms in total. The SMILES string of the molecule is [B]c1ccc2c(=O)n(C3CC(C)(C)NC(C)(C)C3)cnc2c1. The number of hydrogen-bond donors (Lipinski definition) is 1. The third-order valence-corrected chi connectivity index (χ3v) is 4.37. The van der Waals surface area contributed by atoms with Crippen LogP contribution in [0.2, 0.25) is 0 Å². The summed E-state index contributed by atoms with van der Waals surface area (Å²) in [5, 5.41) is 4.27. The minimum atomic E-state index is -0.0120. The van der Waals surface area contributed by atoms with Crippen LogP contribution in [-0.2, 0) is 0 Å². The van der Waals surface area contributed by atoms with Crippen LogP contribution >= 0.6 is 0 Å². The second-order valence-electron chi connectivity index (χ2n) is 7.69. The number of benzene rings is 1. The van der Waals surface area contributed by atoms with Crippen LogP contribution in [0.1, 0.15) is 46.6 Å². The first-order chi connectivity index (χ1) is 10.2. The molecule has 1 N–H and O–H groups in total. The Hall–Kier alpha value is -1.62. The highest BCUT2D eigenvalue weighted by atomic mass is 16.1. The van der Waals surface area contributed by atoms with Gasteiger partial charge < -0.3 is 5.32 Å². The van der Waals surface area contributed by atoms with Gasteiger partial charge in [-0.05, 0) is 52.7 Å². The maximum absolute atomic E-state index is 12.8. The second-order valence-corrected chi connectivity index (χ2v) is 7.69. The highest BCUT2D eigenvalue weighted by Crippen LogP contribution is 2.35. The summed E-state index contributed by atoms with van der Waals surface area (Å²) in [7, 11) is 5.77. The lowest BCUT2D eigenvalue weighted by Crippen LogP contribution is -2.58. The zero-order valence-electron chi connectivity index (χ0n) is 13.7. The second kappa shape index (κ2) is 4.95. The summed E-state index contributed by atoms with van der Waals surface area (Å²) in [6.45, 7) is 8.73. The summed E-state index contributed by atoms with van der Waals surface area (Å²) < 4.78 is 1.79. The summed E-state index contributed by atoms with van der Waals surface area (Å²) >= 11 is 0. The topological polar surface area (TPSA) is 46.9 Å². The highest BCUT2D eigenvalue weighted by Gasteiger charge is 2.38. The lowest BCUT2D eigenvalue weighted by molar-refractivity contribution is 0.130. The summed E-state index contributed by atoms with van der Waals surface area (Å²) in [6, 6.07) is 5.42. The van der Waals surface area contributed by atoms with Crippen molar-refractivity contribution in [3.8, 4) is 0 Å². The Balaban J connectivity index is 2.08. The molecule has 1 aliphatic heterocycles. The zero-order valence-corrected chi connectivity index (χ0v) is 13.7. The summed E-state index contributed by atoms with van der Waals surface area (Å²) in [6.07, 6.45) is 3.48. The van der Waals surface area contributed by atoms with Crippen LogP contribution in [0, 0.1) is 0 Å². The van der Waals surface area contributed by atoms with Crippen LogP contribution in [0.15, 0.2) is 29.3 Å². The van der Waals surface area contributed by atoms with Crippen LogP contribution in [0.4, 0.5) is 0 Å². The number of fused-ring (bicyclic) bond motifs is 1. The molecule has 0 amide bonds. The molecule has 2 aromatic rings. The zero-order chi connectivity index (χ0) is 16.1. The van der Waals surface area contributed by atoms with Crippen LogP contribution in [0.3, 0.4) is 0 Å². The van der Waals surface area contributed by atoms with Crippen molar-refractivity contribution in [1.82, 2.24) is 14.9 Å². The van der Waals surface area contributed by atoms with Crippen molar-refractivity contribution in [1.29, 1.82) is 0 Å². The molecule has 0 saturated carbocycles. The summed E-state index contributed by atoms with van der Waals surface area (Å²) in [4.78, 5) is 17.3. The van der Waals surface area contributed by atoms with Gasteiger partial charge in [0.05, 0.1) is 17.2 Å². The third-order valence-electron chi connectivity index (χ3n) is 4.37. The van der Waals surface area contributed by atoms with E-state index in [4.69, 9.17) is 7.85 Å². The number of nitrogens with zero attached hydrogens (tertiary/aromatic N) is 2. The van der Waals surface area contributed by atoms with Crippen molar-refractivity contribution in [2.45, 2.75) is 57.7 Å². The first-order valence-electron chi connectivity index (χ1n) is 7.73. The molecule has 5 heteroatoms. The van der Waals surface area contributed by atoms with Gasteiger partial charge in [0.15, 0.2) is 0 Å². The largest absolute Gasteiger partial charge is 0.307 e. The fourth-order valence-corrected chi connectivity index (χ4v) is 3.88. The van der Waals surface area contributed by atoms with Crippen LogP contribution < -0.4 is 16.3 Å². The fourth-order valence-electron chi connectivity index (χ4n) is 3.88. The van der Waals surface area contributed by atoms with Crippen LogP contribution in [-0.4, -0.2) is 28.5 Å². The van der Waals surface area contributed by atoms with Crippen molar-refractivity contribution in [2.75, 3.05) is 0 Å². The Labute approximate surface area is 132 Å². The van der Waals surface area contributed by atoms with E-state index in [0.717, 1.165) is 12.8 Å². The van der Waals surface area contributed by atoms with Crippen LogP contribution in [0.5, 0.6) is 0 Å². The van der Waals surface area contributed by atoms with E-state index in [1.807, 2.05) is 0 Å². The van der Waals surface area contributed by atoms with Crippen molar-refractivity contribution in [3.05, 3.63) is 34.9 Å². The van der Waals surface area contributed by atoms with Gasteiger partial charge in [0.25, 0.3) is 5.56 Å². The molecule has 0 atom stereocenters. The van der Waals surface area contributed by atoms with Crippen molar-refractivity contribution in [3.63, 3.8) is 0 Å². The molecule has 0 aliphatic carbocycles. The van der Waals surface area contributed by atoms with Gasteiger partial charge in [0, 0.05) is 17.1 Å². The van der Waals surface area contributed by atoms with Crippen molar-refractivity contribution >= 4 is 24.2 Å². The molecule has 1 fully saturated rings. The predicted octanol–water partition coefficient (Wildman–Crippen LogP) is 1.67. The molecule has 22 heavy (non-hydrogen) atoms. The maximum atomic E-state index is 12.8. The van der Waals surface area contributed by atoms with Gasteiger partial charge in [0.1, 0.15) is 7.85 Å². The average molecular weight is 295 g/mol. The number of rotatable bonds is 1. The fraction of sp³-hybridized carbons (Fsp3) is 0.529. The summed E-state index contributed by atoms with van der Waals surface area (Å²) in [5.74, 6) is 0. The Bertz CT molecular complexity index is 763. The van der Waals surface area contributed by atoms with Gasteiger partial charge in [0.2, 0.25) is 0 Å². The first-order valence-corrected chi connectivity index (χ1v) is 7.73. The number of hydrogen-bond acceptors (Lipinski definition) is 3. The van der Waals surface area contributed by atoms with Crippen molar-refractivity contribution in [2.24, 2.45) is 0 Å². The smallest absolute Gasteiger partial charge is 0.261 e. The van der Waals surface area contributed by atoms with E-state index in [0.29, 0.717) is 16.4 Å². The highest BCUT2D eigenvalue weighted by molar-refractivity contribution is 6.33. The van der Waals surface area contributed by atoms with E-state index in [2.05, 4.69) is 38.0 Å². The molecular formula is C17H22BN3O. The predicted molar refractivity (Wildman–Crippen MR) is 91.0 cm³/mol. The molecule has 1 aromatic carbocycles. The molecule has 1 saturated heterocycles. The minimum absolute atomic E-state index is 0.0120. The molecule has 3 rings (SSSR count). The number of piperidine rings is 1. The molecule has 1 aliphatic rings. The number of nitrogens with one attached hydrogen (secondary N) is 1. The van der Waals surface area contributed by atoms with E-state index in [-0.39, 0.29) is 22.7 Å². The quantitative estimate of drug-likeness (QED) is 0.814. The third kappa shape index (κ3) is 2.82. The first kappa shape index (κ1) is 15.3. The minimum Gasteiger partial charge on any atom is -0.307 e. The molecule has 0 bridgehead atoms. The molecule has 2 radical (unpaired) electrons. The van der Waals surface area contributed by atoms with Gasteiger partial charge in [-0.2, -0.15) is 0 Å². The molecule has 0 unspecified atom stereocenters. The summed E-state index contributed by atoms with van der Waals surface area (Å²) in [5.41, 5.74) is 1.28. The van der Waals surface area contributed by atoms with Gasteiger partial charge in [-0.3, -0.25) is 9.36 Å². The van der Waals surface area contributed by atoms with Crippen LogP contribution in [0.25, 0.3) is 10.9 Å². The van der Waals surface area contributed by atoms with E-state index >= 15 is 0 Å². The molecule has 114 valence electrons. The van der Waals surface area contributed by atoms with E-state index < -0.39 is 0 Å². The Morgan fingerprint density at radius 2 is 1.86 bits per heavy atom. The standard InChI is InChI=1S/C17H22BN3O/c1-16(2)8-12(9-17(3,4)20-16)21-10-19-14-7-11(18)5-6-13(14)15(21)22/h5-7,10,12,20H,8-9H2,1-4H3.